The third-order valence-corrected chi connectivity index (χ3v) is 6.32. The van der Waals surface area contributed by atoms with Crippen LogP contribution in [0.5, 0.6) is 0 Å². The first kappa shape index (κ1) is 18.9. The maximum atomic E-state index is 12.7. The van der Waals surface area contributed by atoms with Crippen LogP contribution in [0.2, 0.25) is 0 Å². The number of fused-ring (bicyclic) bond motifs is 2. The smallest absolute Gasteiger partial charge is 0.339 e. The van der Waals surface area contributed by atoms with Crippen LogP contribution in [0, 0.1) is 0 Å². The Balaban J connectivity index is 1.52. The van der Waals surface area contributed by atoms with Crippen molar-refractivity contribution in [3.05, 3.63) is 62.1 Å². The summed E-state index contributed by atoms with van der Waals surface area (Å²) in [4.78, 5) is 25.1. The van der Waals surface area contributed by atoms with E-state index < -0.39 is 11.9 Å². The molecule has 0 bridgehead atoms. The lowest BCUT2D eigenvalue weighted by atomic mass is 10.1. The minimum atomic E-state index is -1.15. The fourth-order valence-electron chi connectivity index (χ4n) is 3.45. The van der Waals surface area contributed by atoms with Crippen LogP contribution in [0.4, 0.5) is 5.69 Å². The maximum absolute atomic E-state index is 12.7. The van der Waals surface area contributed by atoms with Crippen molar-refractivity contribution >= 4 is 68.0 Å². The Hall–Kier alpha value is -3.10. The number of halogens is 1. The average Bonchev–Trinajstić information content (AvgIpc) is 3.43. The van der Waals surface area contributed by atoms with Gasteiger partial charge in [-0.25, -0.2) is 4.79 Å². The van der Waals surface area contributed by atoms with Gasteiger partial charge in [-0.1, -0.05) is 22.0 Å². The molecule has 3 aromatic heterocycles. The Morgan fingerprint density at radius 3 is 2.73 bits per heavy atom. The van der Waals surface area contributed by atoms with Crippen LogP contribution >= 0.6 is 27.3 Å². The predicted molar refractivity (Wildman–Crippen MR) is 118 cm³/mol. The van der Waals surface area contributed by atoms with Crippen LogP contribution in [0.15, 0.2) is 49.0 Å². The van der Waals surface area contributed by atoms with Gasteiger partial charge >= 0.3 is 5.97 Å². The number of hydrogen-bond donors (Lipinski definition) is 2. The SMILES string of the molecule is O=C(Nc1csc(-c2cc3ccc(Br)cc3o2)c1C(=O)O)c1cc2c(o1)=CCCC=2. The first-order valence-corrected chi connectivity index (χ1v) is 10.8. The van der Waals surface area contributed by atoms with E-state index in [0.717, 1.165) is 27.9 Å². The fourth-order valence-corrected chi connectivity index (χ4v) is 4.73. The van der Waals surface area contributed by atoms with Crippen LogP contribution < -0.4 is 16.0 Å². The quantitative estimate of drug-likeness (QED) is 0.433. The van der Waals surface area contributed by atoms with Crippen LogP contribution in [0.25, 0.3) is 33.8 Å². The molecule has 3 heterocycles. The van der Waals surface area contributed by atoms with Gasteiger partial charge in [-0.3, -0.25) is 4.79 Å². The largest absolute Gasteiger partial charge is 0.478 e. The Morgan fingerprint density at radius 2 is 1.93 bits per heavy atom. The topological polar surface area (TPSA) is 92.7 Å². The highest BCUT2D eigenvalue weighted by Crippen LogP contribution is 2.39. The van der Waals surface area contributed by atoms with E-state index in [4.69, 9.17) is 8.83 Å². The molecule has 0 fully saturated rings. The second kappa shape index (κ2) is 7.30. The summed E-state index contributed by atoms with van der Waals surface area (Å²) in [6.45, 7) is 0. The lowest BCUT2D eigenvalue weighted by Gasteiger charge is -2.03. The van der Waals surface area contributed by atoms with Gasteiger partial charge in [0.2, 0.25) is 0 Å². The molecule has 4 aromatic rings. The highest BCUT2D eigenvalue weighted by molar-refractivity contribution is 9.10. The van der Waals surface area contributed by atoms with E-state index in [9.17, 15) is 14.7 Å². The molecule has 0 saturated carbocycles. The second-order valence-corrected chi connectivity index (χ2v) is 8.62. The molecule has 0 spiro atoms. The highest BCUT2D eigenvalue weighted by Gasteiger charge is 2.24. The van der Waals surface area contributed by atoms with Crippen molar-refractivity contribution in [2.24, 2.45) is 0 Å². The molecule has 8 heteroatoms. The van der Waals surface area contributed by atoms with Crippen LogP contribution in [-0.2, 0) is 0 Å². The summed E-state index contributed by atoms with van der Waals surface area (Å²) in [7, 11) is 0. The Bertz CT molecular complexity index is 1410. The number of carbonyl (C=O) groups excluding carboxylic acids is 1. The summed E-state index contributed by atoms with van der Waals surface area (Å²) in [6.07, 6.45) is 5.73. The summed E-state index contributed by atoms with van der Waals surface area (Å²) >= 11 is 4.60. The zero-order valence-corrected chi connectivity index (χ0v) is 17.8. The first-order chi connectivity index (χ1) is 14.5. The Kier molecular flexibility index (Phi) is 4.60. The number of amides is 1. The Morgan fingerprint density at radius 1 is 1.10 bits per heavy atom. The van der Waals surface area contributed by atoms with Gasteiger partial charge in [0.15, 0.2) is 5.76 Å². The van der Waals surface area contributed by atoms with Gasteiger partial charge in [-0.05, 0) is 49.2 Å². The van der Waals surface area contributed by atoms with Gasteiger partial charge in [0.1, 0.15) is 22.3 Å². The standard InChI is InChI=1S/C22H14BrNO5S/c23-13-6-5-12-7-17(29-16(12)9-13)20-19(22(26)27)14(10-30-20)24-21(25)18-8-11-3-1-2-4-15(11)28-18/h3-10H,1-2H2,(H,24,25)(H,26,27). The summed E-state index contributed by atoms with van der Waals surface area (Å²) < 4.78 is 12.3. The number of thiophene rings is 1. The van der Waals surface area contributed by atoms with Crippen molar-refractivity contribution in [2.45, 2.75) is 12.8 Å². The van der Waals surface area contributed by atoms with Crippen molar-refractivity contribution in [3.63, 3.8) is 0 Å². The lowest BCUT2D eigenvalue weighted by Crippen LogP contribution is -2.21. The first-order valence-electron chi connectivity index (χ1n) is 9.15. The van der Waals surface area contributed by atoms with Crippen molar-refractivity contribution < 1.29 is 23.5 Å². The number of aromatic carboxylic acids is 1. The van der Waals surface area contributed by atoms with E-state index in [2.05, 4.69) is 21.2 Å². The van der Waals surface area contributed by atoms with E-state index in [-0.39, 0.29) is 17.0 Å². The molecule has 30 heavy (non-hydrogen) atoms. The number of carboxylic acid groups (broad SMARTS) is 1. The second-order valence-electron chi connectivity index (χ2n) is 6.82. The van der Waals surface area contributed by atoms with E-state index in [1.807, 2.05) is 30.4 Å². The predicted octanol–water partition coefficient (Wildman–Crippen LogP) is 4.82. The Labute approximate surface area is 182 Å². The zero-order valence-electron chi connectivity index (χ0n) is 15.4. The van der Waals surface area contributed by atoms with Crippen molar-refractivity contribution in [3.8, 4) is 10.6 Å². The molecule has 6 nitrogen and oxygen atoms in total. The molecule has 150 valence electrons. The van der Waals surface area contributed by atoms with Crippen molar-refractivity contribution in [2.75, 3.05) is 5.32 Å². The van der Waals surface area contributed by atoms with E-state index >= 15 is 0 Å². The number of rotatable bonds is 4. The number of carboxylic acids is 1. The molecule has 1 aromatic carbocycles. The van der Waals surface area contributed by atoms with E-state index in [1.54, 1.807) is 17.5 Å². The van der Waals surface area contributed by atoms with Gasteiger partial charge in [0, 0.05) is 20.5 Å². The molecule has 0 atom stereocenters. The van der Waals surface area contributed by atoms with Crippen LogP contribution in [-0.4, -0.2) is 17.0 Å². The van der Waals surface area contributed by atoms with E-state index in [0.29, 0.717) is 21.6 Å². The van der Waals surface area contributed by atoms with Gasteiger partial charge in [-0.15, -0.1) is 11.3 Å². The number of hydrogen-bond acceptors (Lipinski definition) is 5. The molecule has 5 rings (SSSR count). The fraction of sp³-hybridized carbons (Fsp3) is 0.0909. The van der Waals surface area contributed by atoms with Gasteiger partial charge < -0.3 is 19.3 Å². The van der Waals surface area contributed by atoms with Crippen LogP contribution in [0.1, 0.15) is 33.8 Å². The lowest BCUT2D eigenvalue weighted by molar-refractivity contribution is 0.0699. The van der Waals surface area contributed by atoms with Gasteiger partial charge in [-0.2, -0.15) is 0 Å². The minimum absolute atomic E-state index is 0.0130. The summed E-state index contributed by atoms with van der Waals surface area (Å²) in [6, 6.07) is 9.05. The third-order valence-electron chi connectivity index (χ3n) is 4.83. The average molecular weight is 484 g/mol. The molecule has 0 radical (unpaired) electrons. The monoisotopic (exact) mass is 483 g/mol. The summed E-state index contributed by atoms with van der Waals surface area (Å²) in [5.74, 6) is -1.06. The molecule has 0 saturated heterocycles. The molecule has 1 aliphatic rings. The molecule has 1 aliphatic carbocycles. The number of carbonyl (C=O) groups is 2. The molecule has 1 amide bonds. The maximum Gasteiger partial charge on any atom is 0.339 e. The van der Waals surface area contributed by atoms with Crippen molar-refractivity contribution in [1.29, 1.82) is 0 Å². The summed E-state index contributed by atoms with van der Waals surface area (Å²) in [5.41, 5.74) is 1.50. The number of anilines is 1. The van der Waals surface area contributed by atoms with E-state index in [1.165, 1.54) is 11.3 Å². The highest BCUT2D eigenvalue weighted by atomic mass is 79.9. The summed E-state index contributed by atoms with van der Waals surface area (Å²) in [5, 5.41) is 15.8. The molecule has 2 N–H and O–H groups in total. The number of benzene rings is 1. The normalized spacial score (nSPS) is 12.8. The number of furan rings is 2. The molecular formula is C22H14BrNO5S. The van der Waals surface area contributed by atoms with Crippen molar-refractivity contribution in [1.82, 2.24) is 0 Å². The van der Waals surface area contributed by atoms with Gasteiger partial charge in [0.05, 0.1) is 10.6 Å². The van der Waals surface area contributed by atoms with Gasteiger partial charge in [0.25, 0.3) is 5.91 Å². The molecule has 0 unspecified atom stereocenters. The minimum Gasteiger partial charge on any atom is -0.478 e. The molecular weight excluding hydrogens is 470 g/mol. The number of nitrogens with one attached hydrogen (secondary N) is 1. The zero-order chi connectivity index (χ0) is 20.8. The third kappa shape index (κ3) is 3.28. The van der Waals surface area contributed by atoms with Crippen LogP contribution in [0.3, 0.4) is 0 Å². The molecule has 0 aliphatic heterocycles.